The highest BCUT2D eigenvalue weighted by atomic mass is 16.6. The van der Waals surface area contributed by atoms with Gasteiger partial charge in [0.15, 0.2) is 6.10 Å². The number of unbranched alkanes of at least 4 members (excludes halogenated alkanes) is 25. The van der Waals surface area contributed by atoms with Crippen molar-refractivity contribution in [2.24, 2.45) is 0 Å². The number of allylic oxidation sites excluding steroid dienone is 14. The maximum atomic E-state index is 12.8. The Kier molecular flexibility index (Phi) is 52.4. The van der Waals surface area contributed by atoms with Gasteiger partial charge in [-0.05, 0) is 89.9 Å². The Morgan fingerprint density at radius 1 is 0.313 bits per heavy atom. The third-order valence-corrected chi connectivity index (χ3v) is 11.9. The molecule has 0 spiro atoms. The molecule has 67 heavy (non-hydrogen) atoms. The molecule has 1 atom stereocenters. The largest absolute Gasteiger partial charge is 0.462 e. The number of rotatable bonds is 50. The lowest BCUT2D eigenvalue weighted by molar-refractivity contribution is -0.167. The van der Waals surface area contributed by atoms with Crippen molar-refractivity contribution in [1.82, 2.24) is 0 Å². The van der Waals surface area contributed by atoms with Gasteiger partial charge in [0, 0.05) is 19.3 Å². The van der Waals surface area contributed by atoms with E-state index in [-0.39, 0.29) is 37.5 Å². The first-order valence-corrected chi connectivity index (χ1v) is 28.1. The lowest BCUT2D eigenvalue weighted by Gasteiger charge is -2.18. The Labute approximate surface area is 414 Å². The number of carbonyl (C=O) groups is 3. The molecule has 0 aromatic heterocycles. The van der Waals surface area contributed by atoms with Gasteiger partial charge in [0.1, 0.15) is 13.2 Å². The minimum Gasteiger partial charge on any atom is -0.462 e. The van der Waals surface area contributed by atoms with Crippen LogP contribution in [0.1, 0.15) is 265 Å². The van der Waals surface area contributed by atoms with E-state index in [4.69, 9.17) is 14.2 Å². The number of esters is 3. The second-order valence-corrected chi connectivity index (χ2v) is 18.5. The smallest absolute Gasteiger partial charge is 0.306 e. The van der Waals surface area contributed by atoms with Gasteiger partial charge in [-0.2, -0.15) is 0 Å². The van der Waals surface area contributed by atoms with Gasteiger partial charge < -0.3 is 14.2 Å². The molecule has 0 aliphatic carbocycles. The Balaban J connectivity index is 4.45. The van der Waals surface area contributed by atoms with Gasteiger partial charge >= 0.3 is 17.9 Å². The predicted molar refractivity (Wildman–Crippen MR) is 288 cm³/mol. The maximum absolute atomic E-state index is 12.8. The molecular formula is C61H104O6. The summed E-state index contributed by atoms with van der Waals surface area (Å²) in [5.41, 5.74) is 0. The molecule has 6 heteroatoms. The minimum absolute atomic E-state index is 0.0986. The van der Waals surface area contributed by atoms with Gasteiger partial charge in [-0.3, -0.25) is 14.4 Å². The van der Waals surface area contributed by atoms with Gasteiger partial charge in [-0.15, -0.1) is 0 Å². The summed E-state index contributed by atoms with van der Waals surface area (Å²) < 4.78 is 16.8. The fraction of sp³-hybridized carbons (Fsp3) is 0.721. The monoisotopic (exact) mass is 933 g/mol. The first-order chi connectivity index (χ1) is 33.0. The molecule has 0 bridgehead atoms. The quantitative estimate of drug-likeness (QED) is 0.0262. The second kappa shape index (κ2) is 55.2. The fourth-order valence-electron chi connectivity index (χ4n) is 7.68. The molecule has 0 aliphatic rings. The Morgan fingerprint density at radius 2 is 0.597 bits per heavy atom. The van der Waals surface area contributed by atoms with Crippen LogP contribution >= 0.6 is 0 Å². The van der Waals surface area contributed by atoms with E-state index in [1.54, 1.807) is 0 Å². The molecule has 0 rings (SSSR count). The summed E-state index contributed by atoms with van der Waals surface area (Å²) in [6.07, 6.45) is 71.4. The van der Waals surface area contributed by atoms with Crippen molar-refractivity contribution in [2.75, 3.05) is 13.2 Å². The van der Waals surface area contributed by atoms with Gasteiger partial charge in [0.2, 0.25) is 0 Å². The summed E-state index contributed by atoms with van der Waals surface area (Å²) in [5, 5.41) is 0. The van der Waals surface area contributed by atoms with E-state index in [0.29, 0.717) is 19.3 Å². The third kappa shape index (κ3) is 53.4. The van der Waals surface area contributed by atoms with Crippen LogP contribution in [0.4, 0.5) is 0 Å². The van der Waals surface area contributed by atoms with E-state index in [0.717, 1.165) is 83.5 Å². The Morgan fingerprint density at radius 3 is 0.985 bits per heavy atom. The van der Waals surface area contributed by atoms with Crippen LogP contribution in [0.25, 0.3) is 0 Å². The minimum atomic E-state index is -0.806. The lowest BCUT2D eigenvalue weighted by Crippen LogP contribution is -2.30. The van der Waals surface area contributed by atoms with Gasteiger partial charge in [-0.1, -0.05) is 241 Å². The average Bonchev–Trinajstić information content (AvgIpc) is 3.33. The molecule has 0 amide bonds. The fourth-order valence-corrected chi connectivity index (χ4v) is 7.68. The summed E-state index contributed by atoms with van der Waals surface area (Å²) in [7, 11) is 0. The highest BCUT2D eigenvalue weighted by Gasteiger charge is 2.19. The molecule has 0 heterocycles. The molecule has 0 radical (unpaired) electrons. The van der Waals surface area contributed by atoms with Crippen molar-refractivity contribution < 1.29 is 28.6 Å². The van der Waals surface area contributed by atoms with Gasteiger partial charge in [0.25, 0.3) is 0 Å². The highest BCUT2D eigenvalue weighted by Crippen LogP contribution is 2.15. The molecular weight excluding hydrogens is 829 g/mol. The Bertz CT molecular complexity index is 1300. The second-order valence-electron chi connectivity index (χ2n) is 18.5. The number of ether oxygens (including phenoxy) is 3. The summed E-state index contributed by atoms with van der Waals surface area (Å²) >= 11 is 0. The SMILES string of the molecule is CC/C=C\C/C=C\C/C=C\C/C=C\C/C=C\CCCC(=O)OC(COC(=O)CCCCCCCCCCC/C=C\C/C=C\CCCCC)COC(=O)CCCCCCCCCCCCCCC. The van der Waals surface area contributed by atoms with Crippen LogP contribution in [-0.4, -0.2) is 37.2 Å². The third-order valence-electron chi connectivity index (χ3n) is 11.9. The van der Waals surface area contributed by atoms with Crippen LogP contribution in [0.3, 0.4) is 0 Å². The molecule has 0 aliphatic heterocycles. The van der Waals surface area contributed by atoms with E-state index in [1.807, 2.05) is 0 Å². The van der Waals surface area contributed by atoms with Crippen molar-refractivity contribution in [3.63, 3.8) is 0 Å². The van der Waals surface area contributed by atoms with Crippen molar-refractivity contribution in [2.45, 2.75) is 271 Å². The first kappa shape index (κ1) is 63.6. The van der Waals surface area contributed by atoms with Crippen LogP contribution in [0, 0.1) is 0 Å². The van der Waals surface area contributed by atoms with Crippen molar-refractivity contribution in [3.8, 4) is 0 Å². The molecule has 0 saturated carbocycles. The van der Waals surface area contributed by atoms with Crippen LogP contribution in [0.2, 0.25) is 0 Å². The van der Waals surface area contributed by atoms with E-state index < -0.39 is 6.10 Å². The summed E-state index contributed by atoms with van der Waals surface area (Å²) in [6.45, 7) is 6.46. The van der Waals surface area contributed by atoms with Crippen LogP contribution in [0.15, 0.2) is 85.1 Å². The predicted octanol–water partition coefficient (Wildman–Crippen LogP) is 18.8. The van der Waals surface area contributed by atoms with Crippen molar-refractivity contribution in [3.05, 3.63) is 85.1 Å². The molecule has 0 N–H and O–H groups in total. The topological polar surface area (TPSA) is 78.9 Å². The van der Waals surface area contributed by atoms with E-state index in [2.05, 4.69) is 106 Å². The molecule has 384 valence electrons. The number of carbonyl (C=O) groups excluding carboxylic acids is 3. The van der Waals surface area contributed by atoms with Crippen molar-refractivity contribution >= 4 is 17.9 Å². The molecule has 0 aromatic carbocycles. The molecule has 0 saturated heterocycles. The normalized spacial score (nSPS) is 12.7. The average molecular weight is 933 g/mol. The summed E-state index contributed by atoms with van der Waals surface area (Å²) in [5.74, 6) is -0.957. The van der Waals surface area contributed by atoms with Crippen LogP contribution in [-0.2, 0) is 28.6 Å². The zero-order valence-electron chi connectivity index (χ0n) is 43.9. The molecule has 0 fully saturated rings. The van der Waals surface area contributed by atoms with Gasteiger partial charge in [0.05, 0.1) is 0 Å². The molecule has 6 nitrogen and oxygen atoms in total. The van der Waals surface area contributed by atoms with E-state index in [1.165, 1.54) is 135 Å². The maximum Gasteiger partial charge on any atom is 0.306 e. The first-order valence-electron chi connectivity index (χ1n) is 28.1. The Hall–Kier alpha value is -3.41. The molecule has 1 unspecified atom stereocenters. The highest BCUT2D eigenvalue weighted by molar-refractivity contribution is 5.71. The van der Waals surface area contributed by atoms with Crippen molar-refractivity contribution in [1.29, 1.82) is 0 Å². The van der Waals surface area contributed by atoms with Crippen LogP contribution in [0.5, 0.6) is 0 Å². The summed E-state index contributed by atoms with van der Waals surface area (Å²) in [6, 6.07) is 0. The van der Waals surface area contributed by atoms with E-state index >= 15 is 0 Å². The zero-order valence-corrected chi connectivity index (χ0v) is 43.9. The van der Waals surface area contributed by atoms with E-state index in [9.17, 15) is 14.4 Å². The number of hydrogen-bond acceptors (Lipinski definition) is 6. The lowest BCUT2D eigenvalue weighted by atomic mass is 10.0. The van der Waals surface area contributed by atoms with Crippen LogP contribution < -0.4 is 0 Å². The van der Waals surface area contributed by atoms with Gasteiger partial charge in [-0.25, -0.2) is 0 Å². The number of hydrogen-bond donors (Lipinski definition) is 0. The zero-order chi connectivity index (χ0) is 48.6. The standard InChI is InChI=1S/C61H104O6/c1-4-7-10-13-16-19-22-25-27-29-30-32-33-36-39-42-45-48-51-54-60(63)66-57-58(56-65-59(62)53-50-47-44-41-38-35-24-21-18-15-12-9-6-3)67-61(64)55-52-49-46-43-40-37-34-31-28-26-23-20-17-14-11-8-5-2/h8,11,16-17,19-20,25-28,34,37,43,46,58H,4-7,9-10,12-15,18,21-24,29-33,35-36,38-42,44-45,47-57H2,1-3H3/b11-8-,19-16-,20-17-,27-25-,28-26-,37-34-,46-43-. The molecule has 0 aromatic rings. The summed E-state index contributed by atoms with van der Waals surface area (Å²) in [4.78, 5) is 38.1.